The van der Waals surface area contributed by atoms with Gasteiger partial charge in [-0.1, -0.05) is 45.0 Å². The Morgan fingerprint density at radius 3 is 1.90 bits per heavy atom. The lowest BCUT2D eigenvalue weighted by atomic mass is 9.90. The summed E-state index contributed by atoms with van der Waals surface area (Å²) >= 11 is 1.47. The zero-order valence-corrected chi connectivity index (χ0v) is 30.1. The number of hydrogen-bond acceptors (Lipinski definition) is 9. The Kier molecular flexibility index (Phi) is 12.2. The molecule has 0 saturated carbocycles. The van der Waals surface area contributed by atoms with Crippen LogP contribution in [0.4, 0.5) is 20.4 Å². The summed E-state index contributed by atoms with van der Waals surface area (Å²) in [5.74, 6) is -2.13. The van der Waals surface area contributed by atoms with Gasteiger partial charge in [0, 0.05) is 42.7 Å². The fourth-order valence-corrected chi connectivity index (χ4v) is 5.74. The molecule has 2 aromatic carbocycles. The van der Waals surface area contributed by atoms with Crippen molar-refractivity contribution in [3.05, 3.63) is 75.8 Å². The lowest BCUT2D eigenvalue weighted by molar-refractivity contribution is -0.202. The molecule has 0 spiro atoms. The summed E-state index contributed by atoms with van der Waals surface area (Å²) in [6.45, 7) is 12.1. The Balaban J connectivity index is 1.75. The molecule has 0 aliphatic carbocycles. The highest BCUT2D eigenvalue weighted by Gasteiger charge is 2.50. The third-order valence-corrected chi connectivity index (χ3v) is 8.24. The molecule has 13 heteroatoms. The number of benzene rings is 2. The van der Waals surface area contributed by atoms with Gasteiger partial charge in [-0.15, -0.1) is 11.3 Å². The summed E-state index contributed by atoms with van der Waals surface area (Å²) < 4.78 is 11.2. The van der Waals surface area contributed by atoms with Crippen molar-refractivity contribution in [3.8, 4) is 0 Å². The SMILES string of the molecule is CC(=O)Nc1nc(CCc2ccc(NC(OC(N)=O)(OC(=O)NC(C)(C)C)C(C)(C)C)cc2)c(CCc2ccc(C(=O)N(C)C)cc2)s1. The van der Waals surface area contributed by atoms with Crippen molar-refractivity contribution >= 4 is 46.2 Å². The number of anilines is 2. The maximum atomic E-state index is 12.8. The summed E-state index contributed by atoms with van der Waals surface area (Å²) in [6.07, 6.45) is 0.910. The number of alkyl carbamates (subject to hydrolysis) is 1. The molecular formula is C35H48N6O6S. The fraction of sp³-hybridized carbons (Fsp3) is 0.457. The van der Waals surface area contributed by atoms with E-state index in [0.717, 1.165) is 34.5 Å². The van der Waals surface area contributed by atoms with E-state index in [-0.39, 0.29) is 11.8 Å². The number of nitrogens with zero attached hydrogens (tertiary/aromatic N) is 2. The normalized spacial score (nSPS) is 12.8. The van der Waals surface area contributed by atoms with Crippen molar-refractivity contribution in [2.24, 2.45) is 11.1 Å². The Bertz CT molecular complexity index is 1590. The number of nitrogens with two attached hydrogens (primary N) is 1. The van der Waals surface area contributed by atoms with E-state index in [9.17, 15) is 19.2 Å². The summed E-state index contributed by atoms with van der Waals surface area (Å²) in [5, 5.41) is 9.16. The van der Waals surface area contributed by atoms with Crippen LogP contribution in [-0.4, -0.2) is 59.4 Å². The Labute approximate surface area is 286 Å². The molecule has 0 bridgehead atoms. The number of primary amides is 1. The van der Waals surface area contributed by atoms with Crippen LogP contribution in [0.2, 0.25) is 0 Å². The van der Waals surface area contributed by atoms with Crippen LogP contribution in [0.15, 0.2) is 48.5 Å². The minimum absolute atomic E-state index is 0.0422. The van der Waals surface area contributed by atoms with Gasteiger partial charge in [0.05, 0.1) is 11.1 Å². The van der Waals surface area contributed by atoms with Gasteiger partial charge in [-0.3, -0.25) is 9.59 Å². The number of ether oxygens (including phenoxy) is 2. The van der Waals surface area contributed by atoms with Crippen LogP contribution in [0, 0.1) is 5.41 Å². The van der Waals surface area contributed by atoms with Gasteiger partial charge in [-0.25, -0.2) is 14.6 Å². The van der Waals surface area contributed by atoms with Gasteiger partial charge in [0.1, 0.15) is 0 Å². The highest BCUT2D eigenvalue weighted by molar-refractivity contribution is 7.15. The van der Waals surface area contributed by atoms with E-state index in [2.05, 4.69) is 16.0 Å². The van der Waals surface area contributed by atoms with Crippen molar-refractivity contribution in [3.63, 3.8) is 0 Å². The Morgan fingerprint density at radius 2 is 1.40 bits per heavy atom. The second kappa shape index (κ2) is 15.5. The molecule has 3 aromatic rings. The van der Waals surface area contributed by atoms with Crippen LogP contribution >= 0.6 is 11.3 Å². The predicted octanol–water partition coefficient (Wildman–Crippen LogP) is 6.11. The molecule has 1 unspecified atom stereocenters. The number of carbonyl (C=O) groups excluding carboxylic acids is 4. The third-order valence-electron chi connectivity index (χ3n) is 7.17. The molecule has 0 aliphatic rings. The molecule has 0 aliphatic heterocycles. The lowest BCUT2D eigenvalue weighted by Crippen LogP contribution is -2.59. The first kappa shape index (κ1) is 37.8. The highest BCUT2D eigenvalue weighted by Crippen LogP contribution is 2.37. The molecular weight excluding hydrogens is 632 g/mol. The van der Waals surface area contributed by atoms with E-state index in [1.807, 2.05) is 36.4 Å². The highest BCUT2D eigenvalue weighted by atomic mass is 32.1. The van der Waals surface area contributed by atoms with Crippen LogP contribution < -0.4 is 21.7 Å². The van der Waals surface area contributed by atoms with E-state index in [1.165, 1.54) is 18.3 Å². The maximum Gasteiger partial charge on any atom is 0.412 e. The van der Waals surface area contributed by atoms with Gasteiger partial charge in [0.2, 0.25) is 5.91 Å². The minimum atomic E-state index is -1.91. The first-order chi connectivity index (χ1) is 22.3. The molecule has 12 nitrogen and oxygen atoms in total. The molecule has 260 valence electrons. The second-order valence-corrected chi connectivity index (χ2v) is 14.9. The summed E-state index contributed by atoms with van der Waals surface area (Å²) in [5.41, 5.74) is 8.11. The summed E-state index contributed by atoms with van der Waals surface area (Å²) in [4.78, 5) is 56.1. The van der Waals surface area contributed by atoms with E-state index >= 15 is 0 Å². The molecule has 1 atom stereocenters. The lowest BCUT2D eigenvalue weighted by Gasteiger charge is -2.42. The Hall–Kier alpha value is -4.65. The molecule has 3 rings (SSSR count). The minimum Gasteiger partial charge on any atom is -0.387 e. The average Bonchev–Trinajstić information content (AvgIpc) is 3.34. The first-order valence-corrected chi connectivity index (χ1v) is 16.5. The van der Waals surface area contributed by atoms with Crippen molar-refractivity contribution < 1.29 is 28.7 Å². The van der Waals surface area contributed by atoms with Crippen LogP contribution in [0.3, 0.4) is 0 Å². The Morgan fingerprint density at radius 1 is 0.833 bits per heavy atom. The number of thiazole rings is 1. The van der Waals surface area contributed by atoms with Gasteiger partial charge < -0.3 is 36.1 Å². The molecule has 0 fully saturated rings. The molecule has 1 heterocycles. The fourth-order valence-electron chi connectivity index (χ4n) is 4.69. The number of carbonyl (C=O) groups is 4. The molecule has 4 amide bonds. The van der Waals surface area contributed by atoms with Gasteiger partial charge >= 0.3 is 18.1 Å². The number of nitrogens with one attached hydrogen (secondary N) is 3. The zero-order valence-electron chi connectivity index (χ0n) is 29.3. The molecule has 0 saturated heterocycles. The quantitative estimate of drug-likeness (QED) is 0.167. The molecule has 48 heavy (non-hydrogen) atoms. The summed E-state index contributed by atoms with van der Waals surface area (Å²) in [7, 11) is 3.45. The molecule has 5 N–H and O–H groups in total. The third kappa shape index (κ3) is 11.0. The number of aromatic nitrogens is 1. The van der Waals surface area contributed by atoms with Crippen molar-refractivity contribution in [1.29, 1.82) is 0 Å². The monoisotopic (exact) mass is 680 g/mol. The smallest absolute Gasteiger partial charge is 0.387 e. The number of rotatable bonds is 12. The average molecular weight is 681 g/mol. The van der Waals surface area contributed by atoms with E-state index in [0.29, 0.717) is 29.2 Å². The van der Waals surface area contributed by atoms with Gasteiger partial charge in [-0.2, -0.15) is 0 Å². The molecule has 0 radical (unpaired) electrons. The van der Waals surface area contributed by atoms with Crippen LogP contribution in [-0.2, 0) is 40.0 Å². The van der Waals surface area contributed by atoms with Crippen LogP contribution in [0.25, 0.3) is 0 Å². The van der Waals surface area contributed by atoms with Crippen molar-refractivity contribution in [2.45, 2.75) is 85.6 Å². The largest absolute Gasteiger partial charge is 0.412 e. The zero-order chi connectivity index (χ0) is 35.9. The second-order valence-electron chi connectivity index (χ2n) is 13.8. The number of hydrogen-bond donors (Lipinski definition) is 4. The summed E-state index contributed by atoms with van der Waals surface area (Å²) in [6, 6.07) is 15.1. The van der Waals surface area contributed by atoms with E-state index in [1.54, 1.807) is 72.7 Å². The predicted molar refractivity (Wildman–Crippen MR) is 188 cm³/mol. The van der Waals surface area contributed by atoms with E-state index < -0.39 is 29.1 Å². The van der Waals surface area contributed by atoms with Gasteiger partial charge in [0.15, 0.2) is 5.13 Å². The molecule has 1 aromatic heterocycles. The van der Waals surface area contributed by atoms with Crippen LogP contribution in [0.5, 0.6) is 0 Å². The topological polar surface area (TPSA) is 165 Å². The number of aryl methyl sites for hydroxylation is 4. The van der Waals surface area contributed by atoms with Crippen LogP contribution in [0.1, 0.15) is 80.5 Å². The van der Waals surface area contributed by atoms with Gasteiger partial charge in [0.25, 0.3) is 5.91 Å². The van der Waals surface area contributed by atoms with E-state index in [4.69, 9.17) is 20.2 Å². The first-order valence-electron chi connectivity index (χ1n) is 15.7. The standard InChI is InChI=1S/C35H48N6O6S/c1-22(42)37-31-38-27(28(48-31)21-15-23-10-16-25(17-11-23)29(43)41(8)9)20-14-24-12-18-26(19-13-24)39-35(33(2,3)4,46-30(36)44)47-32(45)40-34(5,6)7/h10-13,16-19,39H,14-15,20-21H2,1-9H3,(H2,36,44)(H,40,45)(H,37,38,42). The number of amides is 4. The van der Waals surface area contributed by atoms with Gasteiger partial charge in [-0.05, 0) is 81.8 Å². The maximum absolute atomic E-state index is 12.8. The van der Waals surface area contributed by atoms with Crippen molar-refractivity contribution in [2.75, 3.05) is 24.7 Å². The van der Waals surface area contributed by atoms with Crippen molar-refractivity contribution in [1.82, 2.24) is 15.2 Å².